The highest BCUT2D eigenvalue weighted by atomic mass is 19.3. The normalized spacial score (nSPS) is 27.7. The largest absolute Gasteiger partial charge is 0.489 e. The summed E-state index contributed by atoms with van der Waals surface area (Å²) in [5, 5.41) is 0. The first-order valence-corrected chi connectivity index (χ1v) is 5.65. The van der Waals surface area contributed by atoms with Crippen molar-refractivity contribution < 1.29 is 22.6 Å². The summed E-state index contributed by atoms with van der Waals surface area (Å²) in [5.74, 6) is 0.404. The van der Waals surface area contributed by atoms with Gasteiger partial charge in [-0.15, -0.1) is 0 Å². The summed E-state index contributed by atoms with van der Waals surface area (Å²) >= 11 is 0. The number of ether oxygens (including phenoxy) is 2. The van der Waals surface area contributed by atoms with Crippen LogP contribution in [0.25, 0.3) is 0 Å². The molecule has 6 heteroatoms. The second-order valence-electron chi connectivity index (χ2n) is 4.64. The molecule has 1 aromatic rings. The average Bonchev–Trinajstić information content (AvgIpc) is 2.97. The molecule has 0 saturated heterocycles. The van der Waals surface area contributed by atoms with E-state index in [1.807, 2.05) is 0 Å². The van der Waals surface area contributed by atoms with E-state index in [4.69, 9.17) is 10.5 Å². The lowest BCUT2D eigenvalue weighted by atomic mass is 9.94. The molecule has 2 aliphatic rings. The van der Waals surface area contributed by atoms with E-state index < -0.39 is 13.3 Å². The Morgan fingerprint density at radius 3 is 2.89 bits per heavy atom. The zero-order chi connectivity index (χ0) is 12.9. The Hall–Kier alpha value is -1.43. The highest BCUT2D eigenvalue weighted by Gasteiger charge is 2.62. The summed E-state index contributed by atoms with van der Waals surface area (Å²) in [7, 11) is 0. The smallest absolute Gasteiger partial charge is 0.387 e. The van der Waals surface area contributed by atoms with E-state index in [9.17, 15) is 13.2 Å². The van der Waals surface area contributed by atoms with Crippen LogP contribution in [0.4, 0.5) is 13.2 Å². The minimum Gasteiger partial charge on any atom is -0.489 e. The summed E-state index contributed by atoms with van der Waals surface area (Å²) in [6.45, 7) is -3.47. The van der Waals surface area contributed by atoms with Gasteiger partial charge in [0.1, 0.15) is 24.3 Å². The molecule has 0 spiro atoms. The van der Waals surface area contributed by atoms with E-state index in [0.717, 1.165) is 12.0 Å². The maximum absolute atomic E-state index is 12.8. The molecule has 0 bridgehead atoms. The van der Waals surface area contributed by atoms with Crippen LogP contribution in [0.3, 0.4) is 0 Å². The summed E-state index contributed by atoms with van der Waals surface area (Å²) < 4.78 is 47.3. The molecule has 1 saturated carbocycles. The van der Waals surface area contributed by atoms with Crippen molar-refractivity contribution in [2.45, 2.75) is 31.2 Å². The zero-order valence-corrected chi connectivity index (χ0v) is 9.46. The molecule has 2 N–H and O–H groups in total. The number of hydrogen-bond acceptors (Lipinski definition) is 3. The van der Waals surface area contributed by atoms with Gasteiger partial charge < -0.3 is 15.2 Å². The van der Waals surface area contributed by atoms with Gasteiger partial charge in [0, 0.05) is 17.7 Å². The Bertz CT molecular complexity index is 490. The van der Waals surface area contributed by atoms with Crippen LogP contribution < -0.4 is 15.2 Å². The molecule has 2 atom stereocenters. The lowest BCUT2D eigenvalue weighted by molar-refractivity contribution is -0.0507. The van der Waals surface area contributed by atoms with Gasteiger partial charge in [0.05, 0.1) is 5.41 Å². The number of fused-ring (bicyclic) bond motifs is 3. The predicted octanol–water partition coefficient (Wildman–Crippen LogP) is 2.12. The molecule has 1 heterocycles. The fraction of sp³-hybridized carbons (Fsp3) is 0.500. The van der Waals surface area contributed by atoms with Gasteiger partial charge in [-0.3, -0.25) is 0 Å². The number of hydrogen-bond donors (Lipinski definition) is 1. The van der Waals surface area contributed by atoms with Gasteiger partial charge in [0.25, 0.3) is 0 Å². The lowest BCUT2D eigenvalue weighted by Crippen LogP contribution is -2.21. The molecule has 0 radical (unpaired) electrons. The zero-order valence-electron chi connectivity index (χ0n) is 9.46. The van der Waals surface area contributed by atoms with E-state index in [1.165, 1.54) is 12.1 Å². The van der Waals surface area contributed by atoms with Gasteiger partial charge in [-0.25, -0.2) is 4.39 Å². The Morgan fingerprint density at radius 1 is 1.50 bits per heavy atom. The third kappa shape index (κ3) is 1.48. The first kappa shape index (κ1) is 11.6. The van der Waals surface area contributed by atoms with Crippen LogP contribution in [-0.4, -0.2) is 19.3 Å². The van der Waals surface area contributed by atoms with E-state index in [-0.39, 0.29) is 22.8 Å². The van der Waals surface area contributed by atoms with Crippen LogP contribution in [0.2, 0.25) is 0 Å². The van der Waals surface area contributed by atoms with Crippen LogP contribution in [0, 0.1) is 0 Å². The van der Waals surface area contributed by atoms with Gasteiger partial charge in [-0.2, -0.15) is 8.78 Å². The summed E-state index contributed by atoms with van der Waals surface area (Å²) in [4.78, 5) is 0. The molecule has 3 nitrogen and oxygen atoms in total. The monoisotopic (exact) mass is 259 g/mol. The molecule has 98 valence electrons. The topological polar surface area (TPSA) is 44.5 Å². The third-order valence-corrected chi connectivity index (χ3v) is 3.70. The molecule has 1 aromatic carbocycles. The van der Waals surface area contributed by atoms with E-state index in [0.29, 0.717) is 12.3 Å². The number of rotatable bonds is 4. The third-order valence-electron chi connectivity index (χ3n) is 3.70. The summed E-state index contributed by atoms with van der Waals surface area (Å²) in [6, 6.07) is 2.87. The molecule has 2 unspecified atom stereocenters. The Morgan fingerprint density at radius 2 is 2.28 bits per heavy atom. The van der Waals surface area contributed by atoms with Crippen LogP contribution in [0.5, 0.6) is 11.5 Å². The number of benzene rings is 1. The first-order chi connectivity index (χ1) is 8.60. The maximum atomic E-state index is 12.8. The van der Waals surface area contributed by atoms with Crippen molar-refractivity contribution in [3.05, 3.63) is 23.3 Å². The van der Waals surface area contributed by atoms with E-state index >= 15 is 0 Å². The molecule has 1 fully saturated rings. The molecule has 18 heavy (non-hydrogen) atoms. The van der Waals surface area contributed by atoms with Gasteiger partial charge >= 0.3 is 6.61 Å². The van der Waals surface area contributed by atoms with Gasteiger partial charge in [-0.05, 0) is 18.6 Å². The molecule has 3 rings (SSSR count). The minimum absolute atomic E-state index is 0.00763. The van der Waals surface area contributed by atoms with Gasteiger partial charge in [0.2, 0.25) is 0 Å². The van der Waals surface area contributed by atoms with Crippen molar-refractivity contribution in [2.75, 3.05) is 6.54 Å². The van der Waals surface area contributed by atoms with Crippen LogP contribution >= 0.6 is 0 Å². The quantitative estimate of drug-likeness (QED) is 0.900. The molecule has 0 aromatic heterocycles. The SMILES string of the molecule is NCC12CC1Oc1cc(CF)c(OC(F)F)cc12. The molecule has 1 aliphatic carbocycles. The Labute approximate surface area is 102 Å². The number of alkyl halides is 3. The molecule has 1 aliphatic heterocycles. The van der Waals surface area contributed by atoms with Gasteiger partial charge in [-0.1, -0.05) is 0 Å². The summed E-state index contributed by atoms with van der Waals surface area (Å²) in [6.07, 6.45) is 0.770. The fourth-order valence-corrected chi connectivity index (χ4v) is 2.59. The van der Waals surface area contributed by atoms with Crippen molar-refractivity contribution in [1.29, 1.82) is 0 Å². The lowest BCUT2D eigenvalue weighted by Gasteiger charge is -2.14. The Kier molecular flexibility index (Phi) is 2.45. The van der Waals surface area contributed by atoms with Crippen molar-refractivity contribution in [3.63, 3.8) is 0 Å². The maximum Gasteiger partial charge on any atom is 0.387 e. The second-order valence-corrected chi connectivity index (χ2v) is 4.64. The minimum atomic E-state index is -2.97. The standard InChI is InChI=1S/C12H12F3NO2/c13-4-6-1-9-7(2-8(6)18-11(14)15)12(5-16)3-10(12)17-9/h1-2,10-11H,3-5,16H2. The van der Waals surface area contributed by atoms with Crippen LogP contribution in [-0.2, 0) is 12.1 Å². The second kappa shape index (κ2) is 3.78. The van der Waals surface area contributed by atoms with E-state index in [1.54, 1.807) is 0 Å². The molecule has 0 amide bonds. The number of nitrogens with two attached hydrogens (primary N) is 1. The number of halogens is 3. The predicted molar refractivity (Wildman–Crippen MR) is 57.7 cm³/mol. The van der Waals surface area contributed by atoms with Crippen LogP contribution in [0.15, 0.2) is 12.1 Å². The first-order valence-electron chi connectivity index (χ1n) is 5.65. The highest BCUT2D eigenvalue weighted by molar-refractivity contribution is 5.57. The Balaban J connectivity index is 2.03. The molecular formula is C12H12F3NO2. The van der Waals surface area contributed by atoms with E-state index in [2.05, 4.69) is 4.74 Å². The van der Waals surface area contributed by atoms with Gasteiger partial charge in [0.15, 0.2) is 0 Å². The molecular weight excluding hydrogens is 247 g/mol. The van der Waals surface area contributed by atoms with Crippen molar-refractivity contribution >= 4 is 0 Å². The highest BCUT2D eigenvalue weighted by Crippen LogP contribution is 2.59. The van der Waals surface area contributed by atoms with Crippen LogP contribution in [0.1, 0.15) is 17.5 Å². The summed E-state index contributed by atoms with van der Waals surface area (Å²) in [5.41, 5.74) is 6.24. The average molecular weight is 259 g/mol. The van der Waals surface area contributed by atoms with Crippen molar-refractivity contribution in [2.24, 2.45) is 5.73 Å². The van der Waals surface area contributed by atoms with Crippen molar-refractivity contribution in [1.82, 2.24) is 0 Å². The van der Waals surface area contributed by atoms with Crippen molar-refractivity contribution in [3.8, 4) is 11.5 Å². The fourth-order valence-electron chi connectivity index (χ4n) is 2.59.